The molecule has 180 valence electrons. The van der Waals surface area contributed by atoms with Crippen LogP contribution in [0.3, 0.4) is 0 Å². The second kappa shape index (κ2) is 10.6. The lowest BCUT2D eigenvalue weighted by atomic mass is 9.91. The molecule has 0 bridgehead atoms. The molecule has 1 unspecified atom stereocenters. The van der Waals surface area contributed by atoms with Crippen LogP contribution in [0.5, 0.6) is 0 Å². The predicted molar refractivity (Wildman–Crippen MR) is 139 cm³/mol. The van der Waals surface area contributed by atoms with Crippen LogP contribution in [0.25, 0.3) is 0 Å². The van der Waals surface area contributed by atoms with E-state index in [9.17, 15) is 15.4 Å². The molecule has 0 saturated heterocycles. The molecule has 2 aromatic carbocycles. The van der Waals surface area contributed by atoms with Gasteiger partial charge in [-0.25, -0.2) is 15.0 Å². The summed E-state index contributed by atoms with van der Waals surface area (Å²) in [5.41, 5.74) is 2.96. The lowest BCUT2D eigenvalue weighted by molar-refractivity contribution is -0.383. The van der Waals surface area contributed by atoms with Crippen LogP contribution in [0, 0.1) is 35.3 Å². The summed E-state index contributed by atoms with van der Waals surface area (Å²) < 4.78 is 0. The summed E-state index contributed by atoms with van der Waals surface area (Å²) in [6, 6.07) is 17.9. The molecule has 9 nitrogen and oxygen atoms in total. The van der Waals surface area contributed by atoms with E-state index in [0.29, 0.717) is 32.7 Å². The minimum absolute atomic E-state index is 0.0109. The second-order valence-corrected chi connectivity index (χ2v) is 8.74. The smallest absolute Gasteiger partial charge is 0.334 e. The maximum Gasteiger partial charge on any atom is 0.353 e. The normalized spacial score (nSPS) is 11.4. The first-order valence-corrected chi connectivity index (χ1v) is 11.4. The Bertz CT molecular complexity index is 1490. The van der Waals surface area contributed by atoms with Gasteiger partial charge in [0.05, 0.1) is 16.9 Å². The average Bonchev–Trinajstić information content (AvgIpc) is 2.83. The van der Waals surface area contributed by atoms with Gasteiger partial charge in [-0.2, -0.15) is 5.26 Å². The fourth-order valence-electron chi connectivity index (χ4n) is 3.63. The monoisotopic (exact) mass is 519 g/mol. The number of pyridine rings is 1. The number of aryl methyl sites for hydroxylation is 2. The Hall–Kier alpha value is -4.26. The number of nitro groups is 1. The van der Waals surface area contributed by atoms with Gasteiger partial charge in [0.25, 0.3) is 0 Å². The Morgan fingerprint density at radius 3 is 2.36 bits per heavy atom. The van der Waals surface area contributed by atoms with E-state index in [-0.39, 0.29) is 17.3 Å². The molecule has 4 aromatic rings. The van der Waals surface area contributed by atoms with Gasteiger partial charge >= 0.3 is 5.69 Å². The Balaban J connectivity index is 1.69. The summed E-state index contributed by atoms with van der Waals surface area (Å²) in [6.45, 7) is 3.62. The molecule has 0 aliphatic heterocycles. The van der Waals surface area contributed by atoms with Crippen molar-refractivity contribution in [2.75, 3.05) is 10.6 Å². The van der Waals surface area contributed by atoms with Crippen LogP contribution in [0.2, 0.25) is 10.0 Å². The zero-order valence-corrected chi connectivity index (χ0v) is 20.7. The van der Waals surface area contributed by atoms with Crippen molar-refractivity contribution in [2.45, 2.75) is 19.8 Å². The van der Waals surface area contributed by atoms with E-state index < -0.39 is 10.8 Å². The molecular formula is C25H19Cl2N7O2. The molecule has 0 aliphatic rings. The predicted octanol–water partition coefficient (Wildman–Crippen LogP) is 6.85. The van der Waals surface area contributed by atoms with Gasteiger partial charge in [-0.3, -0.25) is 10.1 Å². The fraction of sp³-hybridized carbons (Fsp3) is 0.120. The molecular weight excluding hydrogens is 501 g/mol. The lowest BCUT2D eigenvalue weighted by Gasteiger charge is -2.16. The van der Waals surface area contributed by atoms with Gasteiger partial charge < -0.3 is 10.6 Å². The van der Waals surface area contributed by atoms with Gasteiger partial charge in [0.1, 0.15) is 12.1 Å². The Labute approximate surface area is 216 Å². The number of halogens is 2. The highest BCUT2D eigenvalue weighted by Crippen LogP contribution is 2.37. The summed E-state index contributed by atoms with van der Waals surface area (Å²) in [5.74, 6) is -0.237. The number of aromatic nitrogens is 3. The molecule has 0 radical (unpaired) electrons. The maximum atomic E-state index is 12.0. The largest absolute Gasteiger partial charge is 0.353 e. The Morgan fingerprint density at radius 2 is 1.72 bits per heavy atom. The number of benzene rings is 2. The quantitative estimate of drug-likeness (QED) is 0.200. The molecule has 0 spiro atoms. The summed E-state index contributed by atoms with van der Waals surface area (Å²) in [7, 11) is 0. The number of nitrogens with one attached hydrogen (secondary N) is 2. The van der Waals surface area contributed by atoms with E-state index in [1.807, 2.05) is 13.0 Å². The third-order valence-electron chi connectivity index (χ3n) is 5.38. The SMILES string of the molecule is Cc1cccc(Nc2ncnc(Nc3cc(Cl)c(C(C#N)c4ccc(Cl)cc4)cc3C)c2[N+](=O)[O-])n1. The summed E-state index contributed by atoms with van der Waals surface area (Å²) in [5, 5.41) is 28.6. The average molecular weight is 520 g/mol. The van der Waals surface area contributed by atoms with Crippen LogP contribution in [-0.4, -0.2) is 19.9 Å². The minimum atomic E-state index is -0.617. The molecule has 0 saturated carbocycles. The van der Waals surface area contributed by atoms with Gasteiger partial charge in [-0.1, -0.05) is 47.5 Å². The van der Waals surface area contributed by atoms with Crippen molar-refractivity contribution in [3.8, 4) is 6.07 Å². The zero-order chi connectivity index (χ0) is 25.8. The van der Waals surface area contributed by atoms with Gasteiger partial charge in [0.15, 0.2) is 0 Å². The van der Waals surface area contributed by atoms with Crippen molar-refractivity contribution in [1.82, 2.24) is 15.0 Å². The highest BCUT2D eigenvalue weighted by molar-refractivity contribution is 6.32. The number of anilines is 4. The van der Waals surface area contributed by atoms with Crippen molar-refractivity contribution in [3.05, 3.63) is 103 Å². The third kappa shape index (κ3) is 5.35. The standard InChI is InChI=1S/C25H19Cl2N7O2/c1-14-10-18(19(12-28)16-6-8-17(26)9-7-16)20(27)11-21(14)32-24-23(34(35)36)25(30-13-29-24)33-22-5-3-4-15(2)31-22/h3-11,13,19H,1-2H3,(H2,29,30,31,32,33). The summed E-state index contributed by atoms with van der Waals surface area (Å²) >= 11 is 12.5. The Morgan fingerprint density at radius 1 is 1.03 bits per heavy atom. The van der Waals surface area contributed by atoms with Crippen molar-refractivity contribution in [3.63, 3.8) is 0 Å². The molecule has 36 heavy (non-hydrogen) atoms. The van der Waals surface area contributed by atoms with Crippen LogP contribution in [0.4, 0.5) is 28.8 Å². The lowest BCUT2D eigenvalue weighted by Crippen LogP contribution is -2.07. The summed E-state index contributed by atoms with van der Waals surface area (Å²) in [4.78, 5) is 23.8. The second-order valence-electron chi connectivity index (χ2n) is 7.89. The van der Waals surface area contributed by atoms with Gasteiger partial charge in [-0.05, 0) is 60.9 Å². The van der Waals surface area contributed by atoms with E-state index in [4.69, 9.17) is 23.2 Å². The first-order chi connectivity index (χ1) is 17.3. The number of hydrogen-bond donors (Lipinski definition) is 2. The van der Waals surface area contributed by atoms with Gasteiger partial charge in [-0.15, -0.1) is 0 Å². The van der Waals surface area contributed by atoms with Crippen molar-refractivity contribution in [1.29, 1.82) is 5.26 Å². The maximum absolute atomic E-state index is 12.0. The first kappa shape index (κ1) is 24.9. The van der Waals surface area contributed by atoms with E-state index in [0.717, 1.165) is 11.3 Å². The number of nitriles is 1. The topological polar surface area (TPSA) is 130 Å². The molecule has 4 rings (SSSR count). The van der Waals surface area contributed by atoms with E-state index in [2.05, 4.69) is 31.7 Å². The number of rotatable bonds is 7. The van der Waals surface area contributed by atoms with Crippen LogP contribution >= 0.6 is 23.2 Å². The molecule has 0 fully saturated rings. The summed E-state index contributed by atoms with van der Waals surface area (Å²) in [6.07, 6.45) is 1.21. The van der Waals surface area contributed by atoms with Crippen LogP contribution in [0.15, 0.2) is 60.9 Å². The molecule has 0 aliphatic carbocycles. The molecule has 1 atom stereocenters. The number of nitrogens with zero attached hydrogens (tertiary/aromatic N) is 5. The van der Waals surface area contributed by atoms with E-state index in [1.54, 1.807) is 55.5 Å². The fourth-order valence-corrected chi connectivity index (χ4v) is 4.03. The third-order valence-corrected chi connectivity index (χ3v) is 5.96. The van der Waals surface area contributed by atoms with E-state index >= 15 is 0 Å². The molecule has 2 heterocycles. The first-order valence-electron chi connectivity index (χ1n) is 10.7. The number of hydrogen-bond acceptors (Lipinski definition) is 8. The van der Waals surface area contributed by atoms with Gasteiger partial charge in [0, 0.05) is 21.4 Å². The van der Waals surface area contributed by atoms with Crippen LogP contribution in [0.1, 0.15) is 28.3 Å². The van der Waals surface area contributed by atoms with Crippen molar-refractivity contribution < 1.29 is 4.92 Å². The molecule has 11 heteroatoms. The van der Waals surface area contributed by atoms with E-state index in [1.165, 1.54) is 6.33 Å². The van der Waals surface area contributed by atoms with Crippen molar-refractivity contribution >= 4 is 52.0 Å². The molecule has 0 amide bonds. The van der Waals surface area contributed by atoms with Crippen LogP contribution < -0.4 is 10.6 Å². The molecule has 2 aromatic heterocycles. The zero-order valence-electron chi connectivity index (χ0n) is 19.2. The van der Waals surface area contributed by atoms with Crippen LogP contribution in [-0.2, 0) is 0 Å². The van der Waals surface area contributed by atoms with Gasteiger partial charge in [0.2, 0.25) is 11.6 Å². The van der Waals surface area contributed by atoms with Crippen molar-refractivity contribution in [2.24, 2.45) is 0 Å². The highest BCUT2D eigenvalue weighted by Gasteiger charge is 2.25. The highest BCUT2D eigenvalue weighted by atomic mass is 35.5. The Kier molecular flexibility index (Phi) is 7.29. The molecule has 2 N–H and O–H groups in total. The minimum Gasteiger partial charge on any atom is -0.334 e.